The Morgan fingerprint density at radius 2 is 1.82 bits per heavy atom. The molecular weight excluding hydrogens is 448 g/mol. The van der Waals surface area contributed by atoms with Crippen molar-refractivity contribution < 1.29 is 13.9 Å². The van der Waals surface area contributed by atoms with Crippen molar-refractivity contribution in [2.45, 2.75) is 55.7 Å². The van der Waals surface area contributed by atoms with Crippen LogP contribution in [0.4, 0.5) is 0 Å². The lowest BCUT2D eigenvalue weighted by molar-refractivity contribution is -0.130. The van der Waals surface area contributed by atoms with Crippen molar-refractivity contribution >= 4 is 23.4 Å². The molecule has 1 atom stereocenters. The molecule has 1 aromatic heterocycles. The fraction of sp³-hybridized carbons (Fsp3) is 0.385. The van der Waals surface area contributed by atoms with Gasteiger partial charge in [0.15, 0.2) is 0 Å². The van der Waals surface area contributed by atoms with E-state index in [1.54, 1.807) is 12.1 Å². The fourth-order valence-corrected chi connectivity index (χ4v) is 5.24. The molecule has 7 nitrogen and oxygen atoms in total. The standard InChI is InChI=1S/C26H28N4O3S/c1-32-21-14-12-19(13-15-21)23-16-22(18-8-4-2-5-9-18)29-30(23)24(31)17-34-26-28-27-25(33-26)20-10-6-3-7-11-20/h2,4-5,8-9,12-15,20,23H,3,6-7,10-11,16-17H2,1H3. The highest BCUT2D eigenvalue weighted by Crippen LogP contribution is 2.35. The molecule has 3 aromatic rings. The van der Waals surface area contributed by atoms with Crippen LogP contribution in [0.25, 0.3) is 0 Å². The number of thioether (sulfide) groups is 1. The summed E-state index contributed by atoms with van der Waals surface area (Å²) in [6.45, 7) is 0. The number of hydrogen-bond donors (Lipinski definition) is 0. The maximum absolute atomic E-state index is 13.3. The van der Waals surface area contributed by atoms with Gasteiger partial charge in [-0.25, -0.2) is 5.01 Å². The quantitative estimate of drug-likeness (QED) is 0.413. The first-order valence-corrected chi connectivity index (χ1v) is 12.7. The smallest absolute Gasteiger partial charge is 0.277 e. The molecule has 8 heteroatoms. The van der Waals surface area contributed by atoms with E-state index < -0.39 is 0 Å². The van der Waals surface area contributed by atoms with Crippen LogP contribution in [0.3, 0.4) is 0 Å². The van der Waals surface area contributed by atoms with Gasteiger partial charge in [0, 0.05) is 12.3 Å². The summed E-state index contributed by atoms with van der Waals surface area (Å²) in [4.78, 5) is 13.3. The Bertz CT molecular complexity index is 1140. The molecule has 1 fully saturated rings. The lowest BCUT2D eigenvalue weighted by Crippen LogP contribution is -2.28. The minimum absolute atomic E-state index is 0.0887. The van der Waals surface area contributed by atoms with Crippen LogP contribution in [-0.4, -0.2) is 39.7 Å². The molecule has 1 amide bonds. The van der Waals surface area contributed by atoms with E-state index >= 15 is 0 Å². The zero-order chi connectivity index (χ0) is 23.3. The molecule has 34 heavy (non-hydrogen) atoms. The van der Waals surface area contributed by atoms with E-state index in [1.807, 2.05) is 54.6 Å². The summed E-state index contributed by atoms with van der Waals surface area (Å²) in [6, 6.07) is 17.6. The largest absolute Gasteiger partial charge is 0.497 e. The number of benzene rings is 2. The Labute approximate surface area is 203 Å². The van der Waals surface area contributed by atoms with E-state index in [-0.39, 0.29) is 17.7 Å². The number of hydrazone groups is 1. The average molecular weight is 477 g/mol. The van der Waals surface area contributed by atoms with Gasteiger partial charge in [0.1, 0.15) is 5.75 Å². The van der Waals surface area contributed by atoms with Crippen LogP contribution in [-0.2, 0) is 4.79 Å². The van der Waals surface area contributed by atoms with E-state index in [0.29, 0.717) is 23.5 Å². The monoisotopic (exact) mass is 476 g/mol. The predicted octanol–water partition coefficient (Wildman–Crippen LogP) is 5.60. The van der Waals surface area contributed by atoms with Crippen molar-refractivity contribution in [2.24, 2.45) is 5.10 Å². The van der Waals surface area contributed by atoms with Crippen LogP contribution in [0, 0.1) is 0 Å². The lowest BCUT2D eigenvalue weighted by atomic mass is 9.89. The zero-order valence-electron chi connectivity index (χ0n) is 19.2. The number of amides is 1. The molecule has 0 N–H and O–H groups in total. The summed E-state index contributed by atoms with van der Waals surface area (Å²) >= 11 is 1.28. The Hall–Kier alpha value is -3.13. The van der Waals surface area contributed by atoms with E-state index in [1.165, 1.54) is 31.0 Å². The van der Waals surface area contributed by atoms with Gasteiger partial charge in [0.25, 0.3) is 11.1 Å². The maximum Gasteiger partial charge on any atom is 0.277 e. The van der Waals surface area contributed by atoms with Crippen molar-refractivity contribution in [1.29, 1.82) is 0 Å². The molecule has 2 heterocycles. The molecule has 176 valence electrons. The number of carbonyl (C=O) groups excluding carboxylic acids is 1. The summed E-state index contributed by atoms with van der Waals surface area (Å²) in [5.41, 5.74) is 2.95. The third kappa shape index (κ3) is 5.01. The van der Waals surface area contributed by atoms with Gasteiger partial charge in [-0.15, -0.1) is 10.2 Å². The highest BCUT2D eigenvalue weighted by atomic mass is 32.2. The second-order valence-electron chi connectivity index (χ2n) is 8.67. The van der Waals surface area contributed by atoms with Crippen LogP contribution in [0.1, 0.15) is 67.5 Å². The predicted molar refractivity (Wildman–Crippen MR) is 131 cm³/mol. The third-order valence-electron chi connectivity index (χ3n) is 6.47. The van der Waals surface area contributed by atoms with Crippen LogP contribution in [0.15, 0.2) is 69.3 Å². The minimum Gasteiger partial charge on any atom is -0.497 e. The van der Waals surface area contributed by atoms with Crippen LogP contribution in [0.5, 0.6) is 5.75 Å². The average Bonchev–Trinajstić information content (AvgIpc) is 3.56. The number of hydrogen-bond acceptors (Lipinski definition) is 7. The van der Waals surface area contributed by atoms with E-state index in [0.717, 1.165) is 35.4 Å². The third-order valence-corrected chi connectivity index (χ3v) is 7.27. The van der Waals surface area contributed by atoms with Gasteiger partial charge in [-0.05, 0) is 36.1 Å². The topological polar surface area (TPSA) is 80.8 Å². The fourth-order valence-electron chi connectivity index (χ4n) is 4.61. The Balaban J connectivity index is 1.31. The second-order valence-corrected chi connectivity index (χ2v) is 9.60. The van der Waals surface area contributed by atoms with Gasteiger partial charge in [-0.1, -0.05) is 73.5 Å². The highest BCUT2D eigenvalue weighted by Gasteiger charge is 2.33. The number of rotatable bonds is 7. The summed E-state index contributed by atoms with van der Waals surface area (Å²) in [7, 11) is 1.64. The molecule has 1 aliphatic heterocycles. The van der Waals surface area contributed by atoms with Gasteiger partial charge in [-0.2, -0.15) is 5.10 Å². The van der Waals surface area contributed by atoms with Crippen molar-refractivity contribution in [1.82, 2.24) is 15.2 Å². The maximum atomic E-state index is 13.3. The normalized spacial score (nSPS) is 18.7. The first kappa shape index (κ1) is 22.7. The van der Waals surface area contributed by atoms with E-state index in [2.05, 4.69) is 10.2 Å². The first-order valence-electron chi connectivity index (χ1n) is 11.8. The van der Waals surface area contributed by atoms with Gasteiger partial charge in [0.2, 0.25) is 5.89 Å². The minimum atomic E-state index is -0.172. The van der Waals surface area contributed by atoms with Gasteiger partial charge >= 0.3 is 0 Å². The van der Waals surface area contributed by atoms with E-state index in [4.69, 9.17) is 14.3 Å². The number of methoxy groups -OCH3 is 1. The molecular formula is C26H28N4O3S. The number of nitrogens with zero attached hydrogens (tertiary/aromatic N) is 4. The Morgan fingerprint density at radius 3 is 2.56 bits per heavy atom. The molecule has 5 rings (SSSR count). The molecule has 0 spiro atoms. The van der Waals surface area contributed by atoms with Crippen LogP contribution < -0.4 is 4.74 Å². The number of aromatic nitrogens is 2. The highest BCUT2D eigenvalue weighted by molar-refractivity contribution is 7.99. The summed E-state index contributed by atoms with van der Waals surface area (Å²) in [5.74, 6) is 1.93. The Kier molecular flexibility index (Phi) is 6.94. The molecule has 2 aromatic carbocycles. The molecule has 0 saturated heterocycles. The summed E-state index contributed by atoms with van der Waals surface area (Å²) in [6.07, 6.45) is 6.53. The lowest BCUT2D eigenvalue weighted by Gasteiger charge is -2.22. The first-order chi connectivity index (χ1) is 16.7. The number of ether oxygens (including phenoxy) is 1. The Morgan fingerprint density at radius 1 is 1.06 bits per heavy atom. The molecule has 0 radical (unpaired) electrons. The van der Waals surface area contributed by atoms with Gasteiger partial charge in [-0.3, -0.25) is 4.79 Å². The van der Waals surface area contributed by atoms with Crippen LogP contribution in [0.2, 0.25) is 0 Å². The molecule has 0 bridgehead atoms. The second kappa shape index (κ2) is 10.4. The molecule has 1 aliphatic carbocycles. The SMILES string of the molecule is COc1ccc(C2CC(c3ccccc3)=NN2C(=O)CSc2nnc(C3CCCCC3)o2)cc1. The van der Waals surface area contributed by atoms with Crippen LogP contribution >= 0.6 is 11.8 Å². The molecule has 1 unspecified atom stereocenters. The van der Waals surface area contributed by atoms with Crippen molar-refractivity contribution in [3.63, 3.8) is 0 Å². The van der Waals surface area contributed by atoms with Crippen molar-refractivity contribution in [2.75, 3.05) is 12.9 Å². The van der Waals surface area contributed by atoms with Crippen molar-refractivity contribution in [3.8, 4) is 5.75 Å². The molecule has 1 saturated carbocycles. The van der Waals surface area contributed by atoms with Crippen molar-refractivity contribution in [3.05, 3.63) is 71.6 Å². The molecule has 2 aliphatic rings. The zero-order valence-corrected chi connectivity index (χ0v) is 20.0. The van der Waals surface area contributed by atoms with Gasteiger partial charge < -0.3 is 9.15 Å². The van der Waals surface area contributed by atoms with E-state index in [9.17, 15) is 4.79 Å². The summed E-state index contributed by atoms with van der Waals surface area (Å²) in [5, 5.41) is 15.2. The number of carbonyl (C=O) groups is 1. The summed E-state index contributed by atoms with van der Waals surface area (Å²) < 4.78 is 11.2. The van der Waals surface area contributed by atoms with Gasteiger partial charge in [0.05, 0.1) is 24.6 Å².